The number of benzene rings is 1. The van der Waals surface area contributed by atoms with Crippen molar-refractivity contribution >= 4 is 6.29 Å². The summed E-state index contributed by atoms with van der Waals surface area (Å²) in [6.07, 6.45) is 4.05. The second kappa shape index (κ2) is 6.97. The number of carbonyl (C=O) groups is 1. The lowest BCUT2D eigenvalue weighted by Gasteiger charge is -2.28. The number of hydrogen-bond acceptors (Lipinski definition) is 6. The lowest BCUT2D eigenvalue weighted by molar-refractivity contribution is -0.0279. The predicted molar refractivity (Wildman–Crippen MR) is 93.1 cm³/mol. The molecule has 2 aromatic heterocycles. The molecule has 0 amide bonds. The van der Waals surface area contributed by atoms with Gasteiger partial charge < -0.3 is 14.6 Å². The molecule has 1 fully saturated rings. The van der Waals surface area contributed by atoms with E-state index in [1.807, 2.05) is 22.9 Å². The molecule has 0 aliphatic carbocycles. The molecule has 0 atom stereocenters. The molecule has 0 bridgehead atoms. The van der Waals surface area contributed by atoms with E-state index in [1.54, 1.807) is 24.5 Å². The van der Waals surface area contributed by atoms with Gasteiger partial charge in [-0.25, -0.2) is 0 Å². The number of nitrogens with zero attached hydrogens (tertiary/aromatic N) is 3. The molecule has 1 aliphatic rings. The summed E-state index contributed by atoms with van der Waals surface area (Å²) in [5.74, 6) is 0.225. The first-order valence-corrected chi connectivity index (χ1v) is 8.23. The first kappa shape index (κ1) is 16.3. The van der Waals surface area contributed by atoms with Gasteiger partial charge in [-0.2, -0.15) is 5.10 Å². The van der Waals surface area contributed by atoms with E-state index in [4.69, 9.17) is 9.47 Å². The number of hydrogen-bond donors (Lipinski definition) is 1. The van der Waals surface area contributed by atoms with Crippen LogP contribution in [0.4, 0.5) is 0 Å². The van der Waals surface area contributed by atoms with Crippen molar-refractivity contribution in [1.29, 1.82) is 0 Å². The number of aromatic nitrogens is 3. The summed E-state index contributed by atoms with van der Waals surface area (Å²) in [5.41, 5.74) is 2.65. The van der Waals surface area contributed by atoms with Crippen LogP contribution >= 0.6 is 0 Å². The van der Waals surface area contributed by atoms with Crippen LogP contribution in [0.3, 0.4) is 0 Å². The van der Waals surface area contributed by atoms with Crippen molar-refractivity contribution in [1.82, 2.24) is 14.8 Å². The maximum absolute atomic E-state index is 11.2. The van der Waals surface area contributed by atoms with Gasteiger partial charge in [0.05, 0.1) is 36.2 Å². The van der Waals surface area contributed by atoms with Crippen LogP contribution in [0.1, 0.15) is 22.0 Å². The largest absolute Gasteiger partial charge is 0.507 e. The number of pyridine rings is 1. The number of aromatic hydroxyl groups is 1. The molecule has 1 N–H and O–H groups in total. The third-order valence-corrected chi connectivity index (χ3v) is 4.31. The monoisotopic (exact) mass is 351 g/mol. The van der Waals surface area contributed by atoms with Gasteiger partial charge in [0.15, 0.2) is 6.29 Å². The third kappa shape index (κ3) is 2.93. The zero-order chi connectivity index (χ0) is 17.9. The summed E-state index contributed by atoms with van der Waals surface area (Å²) in [6, 6.07) is 10.6. The highest BCUT2D eigenvalue weighted by Crippen LogP contribution is 2.29. The van der Waals surface area contributed by atoms with Crippen molar-refractivity contribution in [2.24, 2.45) is 0 Å². The first-order chi connectivity index (χ1) is 12.8. The van der Waals surface area contributed by atoms with Crippen LogP contribution in [0.5, 0.6) is 11.5 Å². The summed E-state index contributed by atoms with van der Waals surface area (Å²) in [6.45, 7) is 1.48. The van der Waals surface area contributed by atoms with Crippen LogP contribution in [0.15, 0.2) is 48.8 Å². The van der Waals surface area contributed by atoms with Crippen LogP contribution in [-0.4, -0.2) is 39.4 Å². The highest BCUT2D eigenvalue weighted by molar-refractivity contribution is 5.83. The second-order valence-corrected chi connectivity index (χ2v) is 5.96. The second-order valence-electron chi connectivity index (χ2n) is 5.96. The molecule has 0 radical (unpaired) electrons. The van der Waals surface area contributed by atoms with Crippen LogP contribution < -0.4 is 4.74 Å². The molecule has 1 aromatic carbocycles. The van der Waals surface area contributed by atoms with Crippen molar-refractivity contribution in [2.45, 2.75) is 12.6 Å². The highest BCUT2D eigenvalue weighted by Gasteiger charge is 2.25. The Morgan fingerprint density at radius 3 is 2.88 bits per heavy atom. The topological polar surface area (TPSA) is 86.5 Å². The molecule has 4 rings (SSSR count). The summed E-state index contributed by atoms with van der Waals surface area (Å²) in [4.78, 5) is 15.7. The van der Waals surface area contributed by atoms with E-state index in [9.17, 15) is 9.90 Å². The molecule has 0 unspecified atom stereocenters. The molecular formula is C19H17N3O4. The Hall–Kier alpha value is -3.19. The van der Waals surface area contributed by atoms with Gasteiger partial charge in [0, 0.05) is 18.0 Å². The van der Waals surface area contributed by atoms with E-state index in [1.165, 1.54) is 6.07 Å². The smallest absolute Gasteiger partial charge is 0.157 e. The maximum Gasteiger partial charge on any atom is 0.157 e. The molecule has 0 saturated carbocycles. The zero-order valence-electron chi connectivity index (χ0n) is 13.9. The summed E-state index contributed by atoms with van der Waals surface area (Å²) in [7, 11) is 0. The Balaban J connectivity index is 1.62. The van der Waals surface area contributed by atoms with Crippen LogP contribution in [0.2, 0.25) is 0 Å². The number of rotatable bonds is 6. The van der Waals surface area contributed by atoms with E-state index in [0.717, 1.165) is 17.0 Å². The van der Waals surface area contributed by atoms with Crippen molar-refractivity contribution in [3.05, 3.63) is 59.9 Å². The number of phenols is 1. The molecule has 26 heavy (non-hydrogen) atoms. The number of aldehydes is 1. The minimum Gasteiger partial charge on any atom is -0.507 e. The highest BCUT2D eigenvalue weighted by atomic mass is 16.5. The van der Waals surface area contributed by atoms with Gasteiger partial charge in [0.2, 0.25) is 0 Å². The Kier molecular flexibility index (Phi) is 4.37. The van der Waals surface area contributed by atoms with Gasteiger partial charge in [-0.1, -0.05) is 12.1 Å². The average molecular weight is 351 g/mol. The van der Waals surface area contributed by atoms with E-state index < -0.39 is 0 Å². The normalized spacial score (nSPS) is 14.0. The molecule has 1 aliphatic heterocycles. The van der Waals surface area contributed by atoms with Gasteiger partial charge in [0.1, 0.15) is 18.1 Å². The SMILES string of the molecule is O=Cc1c(O)cccc1OCc1cccnc1-c1ccnn1C1COC1. The van der Waals surface area contributed by atoms with E-state index in [2.05, 4.69) is 10.1 Å². The van der Waals surface area contributed by atoms with E-state index in [0.29, 0.717) is 25.2 Å². The fourth-order valence-electron chi connectivity index (χ4n) is 2.88. The number of phenolic OH excluding ortho intramolecular Hbond substituents is 1. The molecule has 3 aromatic rings. The maximum atomic E-state index is 11.2. The fourth-order valence-corrected chi connectivity index (χ4v) is 2.88. The Morgan fingerprint density at radius 1 is 1.23 bits per heavy atom. The van der Waals surface area contributed by atoms with Crippen molar-refractivity contribution in [3.8, 4) is 22.9 Å². The third-order valence-electron chi connectivity index (χ3n) is 4.31. The lowest BCUT2D eigenvalue weighted by Crippen LogP contribution is -2.31. The van der Waals surface area contributed by atoms with Gasteiger partial charge in [-0.3, -0.25) is 14.5 Å². The lowest BCUT2D eigenvalue weighted by atomic mass is 10.1. The average Bonchev–Trinajstić information content (AvgIpc) is 3.07. The molecular weight excluding hydrogens is 334 g/mol. The van der Waals surface area contributed by atoms with Gasteiger partial charge in [0.25, 0.3) is 0 Å². The van der Waals surface area contributed by atoms with Crippen molar-refractivity contribution in [2.75, 3.05) is 13.2 Å². The predicted octanol–water partition coefficient (Wildman–Crippen LogP) is 2.61. The minimum absolute atomic E-state index is 0.105. The zero-order valence-corrected chi connectivity index (χ0v) is 13.9. The minimum atomic E-state index is -0.105. The Morgan fingerprint density at radius 2 is 2.12 bits per heavy atom. The fraction of sp³-hybridized carbons (Fsp3) is 0.211. The number of carbonyl (C=O) groups excluding carboxylic acids is 1. The molecule has 3 heterocycles. The Bertz CT molecular complexity index is 934. The first-order valence-electron chi connectivity index (χ1n) is 8.23. The summed E-state index contributed by atoms with van der Waals surface area (Å²) < 4.78 is 13.0. The van der Waals surface area contributed by atoms with E-state index in [-0.39, 0.29) is 24.0 Å². The summed E-state index contributed by atoms with van der Waals surface area (Å²) >= 11 is 0. The molecule has 7 heteroatoms. The van der Waals surface area contributed by atoms with Crippen LogP contribution in [-0.2, 0) is 11.3 Å². The molecule has 0 spiro atoms. The van der Waals surface area contributed by atoms with Crippen molar-refractivity contribution in [3.63, 3.8) is 0 Å². The molecule has 132 valence electrons. The van der Waals surface area contributed by atoms with Crippen LogP contribution in [0, 0.1) is 0 Å². The van der Waals surface area contributed by atoms with Gasteiger partial charge in [-0.15, -0.1) is 0 Å². The Labute approximate surface area is 149 Å². The molecule has 1 saturated heterocycles. The number of ether oxygens (including phenoxy) is 2. The summed E-state index contributed by atoms with van der Waals surface area (Å²) in [5, 5.41) is 14.2. The van der Waals surface area contributed by atoms with Gasteiger partial charge >= 0.3 is 0 Å². The quantitative estimate of drug-likeness (QED) is 0.687. The van der Waals surface area contributed by atoms with Crippen LogP contribution in [0.25, 0.3) is 11.4 Å². The molecule has 7 nitrogen and oxygen atoms in total. The van der Waals surface area contributed by atoms with E-state index >= 15 is 0 Å². The van der Waals surface area contributed by atoms with Crippen molar-refractivity contribution < 1.29 is 19.4 Å². The standard InChI is InChI=1S/C19H17N3O4/c23-9-15-17(24)4-1-5-18(15)26-10-13-3-2-7-20-19(13)16-6-8-21-22(16)14-11-25-12-14/h1-9,14,24H,10-12H2. The van der Waals surface area contributed by atoms with Gasteiger partial charge in [-0.05, 0) is 24.3 Å².